The van der Waals surface area contributed by atoms with Crippen LogP contribution in [-0.2, 0) is 0 Å². The van der Waals surface area contributed by atoms with Crippen molar-refractivity contribution in [1.82, 2.24) is 0 Å². The lowest BCUT2D eigenvalue weighted by atomic mass is 9.96. The molecule has 0 radical (unpaired) electrons. The highest BCUT2D eigenvalue weighted by atomic mass is 16.3. The molecule has 3 nitrogen and oxygen atoms in total. The Morgan fingerprint density at radius 3 is 2.83 bits per heavy atom. The lowest BCUT2D eigenvalue weighted by Gasteiger charge is -2.13. The molecule has 0 fully saturated rings. The van der Waals surface area contributed by atoms with Gasteiger partial charge >= 0.3 is 0 Å². The number of aliphatic hydroxyl groups is 1. The molecular formula is C9H15NO2. The van der Waals surface area contributed by atoms with Crippen LogP contribution in [-0.4, -0.2) is 17.8 Å². The van der Waals surface area contributed by atoms with E-state index in [1.54, 1.807) is 19.5 Å². The van der Waals surface area contributed by atoms with Crippen molar-refractivity contribution in [2.75, 3.05) is 6.54 Å². The van der Waals surface area contributed by atoms with Crippen LogP contribution in [0.3, 0.4) is 0 Å². The summed E-state index contributed by atoms with van der Waals surface area (Å²) in [6, 6.07) is 1.89. The van der Waals surface area contributed by atoms with E-state index < -0.39 is 0 Å². The molecule has 0 saturated heterocycles. The predicted octanol–water partition coefficient (Wildman–Crippen LogP) is 1.09. The molecule has 0 spiro atoms. The zero-order valence-electron chi connectivity index (χ0n) is 7.23. The standard InChI is InChI=1S/C9H15NO2/c1-7(11)4-9(5-10)8-2-3-12-6-8/h2-3,6-7,9,11H,4-5,10H2,1H3. The third-order valence-electron chi connectivity index (χ3n) is 1.92. The van der Waals surface area contributed by atoms with Crippen molar-refractivity contribution in [2.24, 2.45) is 5.73 Å². The Labute approximate surface area is 72.2 Å². The van der Waals surface area contributed by atoms with Gasteiger partial charge in [0, 0.05) is 5.92 Å². The van der Waals surface area contributed by atoms with E-state index in [0.29, 0.717) is 13.0 Å². The molecule has 1 heterocycles. The fraction of sp³-hybridized carbons (Fsp3) is 0.556. The second kappa shape index (κ2) is 4.28. The van der Waals surface area contributed by atoms with Crippen LogP contribution in [0, 0.1) is 0 Å². The van der Waals surface area contributed by atoms with Crippen LogP contribution in [0.2, 0.25) is 0 Å². The average Bonchev–Trinajstić information content (AvgIpc) is 2.51. The molecule has 0 aliphatic heterocycles. The fourth-order valence-corrected chi connectivity index (χ4v) is 1.29. The van der Waals surface area contributed by atoms with Gasteiger partial charge in [-0.25, -0.2) is 0 Å². The van der Waals surface area contributed by atoms with E-state index >= 15 is 0 Å². The molecule has 1 rings (SSSR count). The van der Waals surface area contributed by atoms with E-state index in [9.17, 15) is 0 Å². The summed E-state index contributed by atoms with van der Waals surface area (Å²) in [5.74, 6) is 0.212. The third-order valence-corrected chi connectivity index (χ3v) is 1.92. The zero-order valence-corrected chi connectivity index (χ0v) is 7.23. The summed E-state index contributed by atoms with van der Waals surface area (Å²) in [5, 5.41) is 9.17. The molecule has 0 saturated carbocycles. The SMILES string of the molecule is CC(O)CC(CN)c1ccoc1. The molecule has 0 aromatic carbocycles. The molecule has 0 aliphatic rings. The summed E-state index contributed by atoms with van der Waals surface area (Å²) < 4.78 is 4.94. The molecular weight excluding hydrogens is 154 g/mol. The predicted molar refractivity (Wildman–Crippen MR) is 46.8 cm³/mol. The van der Waals surface area contributed by atoms with Gasteiger partial charge in [0.1, 0.15) is 0 Å². The Balaban J connectivity index is 2.57. The van der Waals surface area contributed by atoms with E-state index in [2.05, 4.69) is 0 Å². The molecule has 12 heavy (non-hydrogen) atoms. The summed E-state index contributed by atoms with van der Waals surface area (Å²) in [6.45, 7) is 2.31. The second-order valence-corrected chi connectivity index (χ2v) is 3.07. The highest BCUT2D eigenvalue weighted by molar-refractivity contribution is 5.12. The first-order valence-corrected chi connectivity index (χ1v) is 4.14. The van der Waals surface area contributed by atoms with E-state index in [0.717, 1.165) is 5.56 Å². The third kappa shape index (κ3) is 2.36. The van der Waals surface area contributed by atoms with Crippen LogP contribution in [0.1, 0.15) is 24.8 Å². The Morgan fingerprint density at radius 1 is 1.67 bits per heavy atom. The van der Waals surface area contributed by atoms with Gasteiger partial charge in [-0.3, -0.25) is 0 Å². The molecule has 1 aromatic rings. The van der Waals surface area contributed by atoms with Crippen molar-refractivity contribution in [1.29, 1.82) is 0 Å². The first kappa shape index (κ1) is 9.29. The van der Waals surface area contributed by atoms with Gasteiger partial charge in [0.2, 0.25) is 0 Å². The van der Waals surface area contributed by atoms with E-state index in [-0.39, 0.29) is 12.0 Å². The number of furan rings is 1. The van der Waals surface area contributed by atoms with Crippen molar-refractivity contribution in [3.63, 3.8) is 0 Å². The van der Waals surface area contributed by atoms with Gasteiger partial charge in [-0.15, -0.1) is 0 Å². The molecule has 0 amide bonds. The van der Waals surface area contributed by atoms with Gasteiger partial charge in [-0.2, -0.15) is 0 Å². The van der Waals surface area contributed by atoms with Crippen molar-refractivity contribution in [3.8, 4) is 0 Å². The highest BCUT2D eigenvalue weighted by Crippen LogP contribution is 2.20. The highest BCUT2D eigenvalue weighted by Gasteiger charge is 2.12. The molecule has 0 bridgehead atoms. The summed E-state index contributed by atoms with van der Waals surface area (Å²) in [7, 11) is 0. The molecule has 2 unspecified atom stereocenters. The minimum Gasteiger partial charge on any atom is -0.472 e. The van der Waals surface area contributed by atoms with Crippen molar-refractivity contribution in [2.45, 2.75) is 25.4 Å². The van der Waals surface area contributed by atoms with Crippen LogP contribution in [0.5, 0.6) is 0 Å². The minimum absolute atomic E-state index is 0.212. The summed E-state index contributed by atoms with van der Waals surface area (Å²) in [4.78, 5) is 0. The van der Waals surface area contributed by atoms with Gasteiger partial charge in [0.05, 0.1) is 18.6 Å². The second-order valence-electron chi connectivity index (χ2n) is 3.07. The number of hydrogen-bond acceptors (Lipinski definition) is 3. The molecule has 68 valence electrons. The smallest absolute Gasteiger partial charge is 0.0937 e. The molecule has 2 atom stereocenters. The van der Waals surface area contributed by atoms with Gasteiger partial charge in [0.25, 0.3) is 0 Å². The molecule has 3 N–H and O–H groups in total. The van der Waals surface area contributed by atoms with Crippen LogP contribution in [0.4, 0.5) is 0 Å². The maximum Gasteiger partial charge on any atom is 0.0937 e. The van der Waals surface area contributed by atoms with Gasteiger partial charge in [-0.1, -0.05) is 0 Å². The monoisotopic (exact) mass is 169 g/mol. The maximum atomic E-state index is 9.17. The fourth-order valence-electron chi connectivity index (χ4n) is 1.29. The van der Waals surface area contributed by atoms with Crippen LogP contribution in [0.25, 0.3) is 0 Å². The number of hydrogen-bond donors (Lipinski definition) is 2. The van der Waals surface area contributed by atoms with E-state index in [4.69, 9.17) is 15.3 Å². The summed E-state index contributed by atoms with van der Waals surface area (Å²) in [6.07, 6.45) is 3.68. The van der Waals surface area contributed by atoms with E-state index in [1.807, 2.05) is 6.07 Å². The van der Waals surface area contributed by atoms with Crippen LogP contribution >= 0.6 is 0 Å². The Morgan fingerprint density at radius 2 is 2.42 bits per heavy atom. The molecule has 0 aliphatic carbocycles. The maximum absolute atomic E-state index is 9.17. The van der Waals surface area contributed by atoms with Crippen molar-refractivity contribution >= 4 is 0 Å². The largest absolute Gasteiger partial charge is 0.472 e. The summed E-state index contributed by atoms with van der Waals surface area (Å²) in [5.41, 5.74) is 6.63. The number of nitrogens with two attached hydrogens (primary N) is 1. The van der Waals surface area contributed by atoms with Crippen LogP contribution in [0.15, 0.2) is 23.0 Å². The zero-order chi connectivity index (χ0) is 8.97. The van der Waals surface area contributed by atoms with Crippen LogP contribution < -0.4 is 5.73 Å². The lowest BCUT2D eigenvalue weighted by Crippen LogP contribution is -2.16. The first-order chi connectivity index (χ1) is 5.74. The van der Waals surface area contributed by atoms with E-state index in [1.165, 1.54) is 0 Å². The number of rotatable bonds is 4. The Hall–Kier alpha value is -0.800. The number of aliphatic hydroxyl groups excluding tert-OH is 1. The van der Waals surface area contributed by atoms with Gasteiger partial charge in [0.15, 0.2) is 0 Å². The summed E-state index contributed by atoms with van der Waals surface area (Å²) >= 11 is 0. The quantitative estimate of drug-likeness (QED) is 0.709. The minimum atomic E-state index is -0.312. The Kier molecular flexibility index (Phi) is 3.31. The molecule has 1 aromatic heterocycles. The van der Waals surface area contributed by atoms with Gasteiger partial charge in [-0.05, 0) is 31.5 Å². The lowest BCUT2D eigenvalue weighted by molar-refractivity contribution is 0.175. The molecule has 3 heteroatoms. The van der Waals surface area contributed by atoms with Gasteiger partial charge < -0.3 is 15.3 Å². The van der Waals surface area contributed by atoms with Crippen molar-refractivity contribution < 1.29 is 9.52 Å². The Bertz CT molecular complexity index is 206. The topological polar surface area (TPSA) is 59.4 Å². The van der Waals surface area contributed by atoms with Crippen molar-refractivity contribution in [3.05, 3.63) is 24.2 Å². The first-order valence-electron chi connectivity index (χ1n) is 4.14. The average molecular weight is 169 g/mol. The normalized spacial score (nSPS) is 15.9.